The molecule has 1 saturated carbocycles. The van der Waals surface area contributed by atoms with E-state index in [0.29, 0.717) is 30.6 Å². The topological polar surface area (TPSA) is 224 Å². The number of ether oxygens (including phenoxy) is 1. The van der Waals surface area contributed by atoms with E-state index in [4.69, 9.17) is 4.74 Å². The summed E-state index contributed by atoms with van der Waals surface area (Å²) >= 11 is 0. The molecule has 2 saturated heterocycles. The molecule has 0 radical (unpaired) electrons. The monoisotopic (exact) mass is 803 g/mol. The predicted molar refractivity (Wildman–Crippen MR) is 213 cm³/mol. The number of hydrogen-bond donors (Lipinski definition) is 7. The Morgan fingerprint density at radius 1 is 0.862 bits per heavy atom. The molecule has 2 aromatic rings. The maximum absolute atomic E-state index is 14.7. The highest BCUT2D eigenvalue weighted by Crippen LogP contribution is 2.27. The third-order valence-corrected chi connectivity index (χ3v) is 11.1. The van der Waals surface area contributed by atoms with E-state index in [-0.39, 0.29) is 37.3 Å². The van der Waals surface area contributed by atoms with Crippen LogP contribution in [0, 0.1) is 18.8 Å². The summed E-state index contributed by atoms with van der Waals surface area (Å²) in [5.41, 5.74) is 1.81. The number of nitrogens with one attached hydrogen (secondary N) is 6. The Bertz CT molecular complexity index is 1850. The summed E-state index contributed by atoms with van der Waals surface area (Å²) in [6, 6.07) is 6.51. The van der Waals surface area contributed by atoms with Gasteiger partial charge in [-0.05, 0) is 75.6 Å². The van der Waals surface area contributed by atoms with Crippen LogP contribution in [-0.2, 0) is 35.2 Å². The second-order valence-corrected chi connectivity index (χ2v) is 16.2. The smallest absolute Gasteiger partial charge is 0.255 e. The van der Waals surface area contributed by atoms with Crippen LogP contribution in [0.4, 0.5) is 0 Å². The number of aryl methyl sites for hydroxylation is 1. The van der Waals surface area contributed by atoms with Crippen LogP contribution in [-0.4, -0.2) is 113 Å². The fourth-order valence-corrected chi connectivity index (χ4v) is 7.96. The average molecular weight is 804 g/mol. The molecule has 16 heteroatoms. The average Bonchev–Trinajstić information content (AvgIpc) is 3.82. The normalized spacial score (nSPS) is 28.0. The highest BCUT2D eigenvalue weighted by molar-refractivity contribution is 5.99. The Labute approximate surface area is 339 Å². The molecule has 0 spiro atoms. The van der Waals surface area contributed by atoms with Crippen molar-refractivity contribution >= 4 is 41.4 Å². The van der Waals surface area contributed by atoms with Crippen LogP contribution >= 0.6 is 0 Å². The number of amides is 7. The summed E-state index contributed by atoms with van der Waals surface area (Å²) in [6.07, 6.45) is 0.347. The van der Waals surface area contributed by atoms with E-state index >= 15 is 0 Å². The molecule has 0 bridgehead atoms. The number of carbonyl (C=O) groups is 7. The van der Waals surface area contributed by atoms with Crippen molar-refractivity contribution in [3.8, 4) is 5.75 Å². The number of benzene rings is 2. The molecule has 5 rings (SSSR count). The fourth-order valence-electron chi connectivity index (χ4n) is 7.96. The molecule has 2 aliphatic heterocycles. The Hall–Kier alpha value is -5.51. The Morgan fingerprint density at radius 2 is 1.57 bits per heavy atom. The van der Waals surface area contributed by atoms with Crippen molar-refractivity contribution in [2.24, 2.45) is 11.8 Å². The van der Waals surface area contributed by atoms with E-state index < -0.39 is 95.7 Å². The van der Waals surface area contributed by atoms with Gasteiger partial charge < -0.3 is 46.6 Å². The van der Waals surface area contributed by atoms with Gasteiger partial charge in [-0.25, -0.2) is 0 Å². The van der Waals surface area contributed by atoms with Crippen molar-refractivity contribution in [3.05, 3.63) is 65.2 Å². The number of nitrogens with zero attached hydrogens (tertiary/aromatic N) is 1. The standard InChI is InChI=1S/C42H57N7O9/c1-22(2)17-31-39(54)48-35(25(5)50)41(56)47-32(19-26-11-8-7-9-12-26)42(57)49-21-27(44-38(53)29-16-15-23(3)18-34(29)58-6)20-33(49)40(55)43-24(4)36(51)45-30-14-10-13-28(30)37(52)46-31/h7-9,11-12,15-16,18,22,24-25,27-28,30-33,35,50H,10,13-14,17,19-21H2,1-6H3,(H,43,55)(H,44,53)(H,45,51)(H,46,52)(H,47,56)(H,48,54)/t24-,25+,27+,28+,30+,31-,32-,33?,35-/m0/s1. The second kappa shape index (κ2) is 19.3. The van der Waals surface area contributed by atoms with Gasteiger partial charge in [0.1, 0.15) is 36.0 Å². The number of aliphatic hydroxyl groups is 1. The first kappa shape index (κ1) is 43.6. The predicted octanol–water partition coefficient (Wildman–Crippen LogP) is 0.630. The quantitative estimate of drug-likeness (QED) is 0.199. The van der Waals surface area contributed by atoms with Crippen LogP contribution in [0.25, 0.3) is 0 Å². The van der Waals surface area contributed by atoms with Gasteiger partial charge in [-0.2, -0.15) is 0 Å². The maximum atomic E-state index is 14.7. The molecule has 58 heavy (non-hydrogen) atoms. The number of hydrogen-bond acceptors (Lipinski definition) is 9. The third-order valence-electron chi connectivity index (χ3n) is 11.1. The summed E-state index contributed by atoms with van der Waals surface area (Å²) in [5.74, 6) is -4.70. The van der Waals surface area contributed by atoms with E-state index in [1.807, 2.05) is 20.8 Å². The molecule has 3 aliphatic rings. The first-order valence-electron chi connectivity index (χ1n) is 20.1. The molecule has 314 valence electrons. The highest BCUT2D eigenvalue weighted by atomic mass is 16.5. The molecule has 16 nitrogen and oxygen atoms in total. The lowest BCUT2D eigenvalue weighted by atomic mass is 9.98. The van der Waals surface area contributed by atoms with Crippen LogP contribution < -0.4 is 36.6 Å². The minimum Gasteiger partial charge on any atom is -0.496 e. The zero-order valence-electron chi connectivity index (χ0n) is 34.0. The van der Waals surface area contributed by atoms with E-state index in [2.05, 4.69) is 31.9 Å². The number of aliphatic hydroxyl groups excluding tert-OH is 1. The van der Waals surface area contributed by atoms with E-state index in [1.165, 1.54) is 25.9 Å². The van der Waals surface area contributed by atoms with Crippen molar-refractivity contribution in [2.45, 2.75) is 122 Å². The molecule has 9 atom stereocenters. The van der Waals surface area contributed by atoms with E-state index in [0.717, 1.165) is 5.56 Å². The molecule has 1 aliphatic carbocycles. The molecule has 7 N–H and O–H groups in total. The molecule has 2 heterocycles. The zero-order valence-corrected chi connectivity index (χ0v) is 34.0. The third kappa shape index (κ3) is 10.7. The number of fused-ring (bicyclic) bond motifs is 2. The van der Waals surface area contributed by atoms with E-state index in [9.17, 15) is 38.7 Å². The van der Waals surface area contributed by atoms with Crippen molar-refractivity contribution < 1.29 is 43.4 Å². The van der Waals surface area contributed by atoms with E-state index in [1.54, 1.807) is 48.5 Å². The second-order valence-electron chi connectivity index (χ2n) is 16.2. The lowest BCUT2D eigenvalue weighted by Crippen LogP contribution is -2.61. The summed E-state index contributed by atoms with van der Waals surface area (Å²) in [6.45, 7) is 8.32. The molecular formula is C42H57N7O9. The fraction of sp³-hybridized carbons (Fsp3) is 0.548. The van der Waals surface area contributed by atoms with Crippen LogP contribution in [0.1, 0.15) is 81.3 Å². The first-order valence-corrected chi connectivity index (χ1v) is 20.1. The lowest BCUT2D eigenvalue weighted by molar-refractivity contribution is -0.143. The summed E-state index contributed by atoms with van der Waals surface area (Å²) in [7, 11) is 1.45. The van der Waals surface area contributed by atoms with Gasteiger partial charge >= 0.3 is 0 Å². The highest BCUT2D eigenvalue weighted by Gasteiger charge is 2.45. The number of methoxy groups -OCH3 is 1. The Balaban J connectivity index is 1.52. The largest absolute Gasteiger partial charge is 0.496 e. The molecule has 3 fully saturated rings. The van der Waals surface area contributed by atoms with Gasteiger partial charge in [0.25, 0.3) is 5.91 Å². The van der Waals surface area contributed by atoms with Gasteiger partial charge in [-0.15, -0.1) is 0 Å². The minimum absolute atomic E-state index is 0.0215. The SMILES string of the molecule is COc1cc(C)ccc1C(=O)N[C@@H]1CC2C(=O)N[C@@H](C)C(=O)N[C@@H]3CCC[C@H]3C(=O)N[C@@H](CC(C)C)C(=O)N[C@@H]([C@@H](C)O)C(=O)N[C@@H](Cc3ccccc3)C(=O)N2C1. The van der Waals surface area contributed by atoms with Crippen molar-refractivity contribution in [2.75, 3.05) is 13.7 Å². The first-order chi connectivity index (χ1) is 27.6. The Kier molecular flexibility index (Phi) is 14.5. The summed E-state index contributed by atoms with van der Waals surface area (Å²) < 4.78 is 5.44. The van der Waals surface area contributed by atoms with Gasteiger partial charge in [0, 0.05) is 25.0 Å². The number of carbonyl (C=O) groups excluding carboxylic acids is 7. The molecule has 0 aromatic heterocycles. The zero-order chi connectivity index (χ0) is 42.3. The van der Waals surface area contributed by atoms with Gasteiger partial charge in [0.05, 0.1) is 24.7 Å². The van der Waals surface area contributed by atoms with Gasteiger partial charge in [0.2, 0.25) is 35.4 Å². The van der Waals surface area contributed by atoms with Crippen molar-refractivity contribution in [3.63, 3.8) is 0 Å². The van der Waals surface area contributed by atoms with Gasteiger partial charge in [-0.3, -0.25) is 33.6 Å². The molecular weight excluding hydrogens is 747 g/mol. The molecule has 7 amide bonds. The van der Waals surface area contributed by atoms with Crippen molar-refractivity contribution in [1.29, 1.82) is 0 Å². The number of rotatable bonds is 8. The Morgan fingerprint density at radius 3 is 2.24 bits per heavy atom. The lowest BCUT2D eigenvalue weighted by Gasteiger charge is -2.31. The van der Waals surface area contributed by atoms with Crippen molar-refractivity contribution in [1.82, 2.24) is 36.8 Å². The maximum Gasteiger partial charge on any atom is 0.255 e. The van der Waals surface area contributed by atoms with Gasteiger partial charge in [-0.1, -0.05) is 56.7 Å². The molecule has 1 unspecified atom stereocenters. The summed E-state index contributed by atoms with van der Waals surface area (Å²) in [5, 5.41) is 27.6. The van der Waals surface area contributed by atoms with Crippen LogP contribution in [0.2, 0.25) is 0 Å². The minimum atomic E-state index is -1.53. The van der Waals surface area contributed by atoms with Crippen LogP contribution in [0.5, 0.6) is 5.75 Å². The summed E-state index contributed by atoms with van der Waals surface area (Å²) in [4.78, 5) is 98.9. The van der Waals surface area contributed by atoms with Crippen LogP contribution in [0.15, 0.2) is 48.5 Å². The van der Waals surface area contributed by atoms with Gasteiger partial charge in [0.15, 0.2) is 0 Å². The van der Waals surface area contributed by atoms with Crippen LogP contribution in [0.3, 0.4) is 0 Å². The molecule has 2 aromatic carbocycles.